The highest BCUT2D eigenvalue weighted by atomic mass is 79.9. The van der Waals surface area contributed by atoms with Gasteiger partial charge >= 0.3 is 0 Å². The van der Waals surface area contributed by atoms with Crippen molar-refractivity contribution < 1.29 is 9.63 Å². The molecule has 0 spiro atoms. The summed E-state index contributed by atoms with van der Waals surface area (Å²) >= 11 is 10.3. The van der Waals surface area contributed by atoms with E-state index in [0.717, 1.165) is 22.0 Å². The van der Waals surface area contributed by atoms with Gasteiger partial charge in [0.05, 0.1) is 14.6 Å². The summed E-state index contributed by atoms with van der Waals surface area (Å²) in [6.07, 6.45) is 1.76. The Balaban J connectivity index is 2.83. The van der Waals surface area contributed by atoms with Gasteiger partial charge in [-0.1, -0.05) is 47.8 Å². The minimum Gasteiger partial charge on any atom is -0.428 e. The van der Waals surface area contributed by atoms with E-state index in [2.05, 4.69) is 47.8 Å². The molecule has 0 bridgehead atoms. The second-order valence-corrected chi connectivity index (χ2v) is 6.83. The third-order valence-corrected chi connectivity index (χ3v) is 5.40. The van der Waals surface area contributed by atoms with E-state index in [4.69, 9.17) is 0 Å². The first-order valence-electron chi connectivity index (χ1n) is 5.23. The van der Waals surface area contributed by atoms with Gasteiger partial charge in [-0.2, -0.15) is 4.73 Å². The second-order valence-electron chi connectivity index (χ2n) is 4.05. The Hall–Kier alpha value is 0.120. The molecular formula is C10H12Br3N2O2+. The lowest BCUT2D eigenvalue weighted by Crippen LogP contribution is -2.36. The van der Waals surface area contributed by atoms with Gasteiger partial charge in [-0.25, -0.2) is 0 Å². The summed E-state index contributed by atoms with van der Waals surface area (Å²) in [5.74, 6) is 0. The highest BCUT2D eigenvalue weighted by Crippen LogP contribution is 2.43. The highest BCUT2D eigenvalue weighted by Gasteiger charge is 2.38. The van der Waals surface area contributed by atoms with Crippen LogP contribution in [0.3, 0.4) is 0 Å². The molecule has 0 saturated carbocycles. The quantitative estimate of drug-likeness (QED) is 0.420. The lowest BCUT2D eigenvalue weighted by atomic mass is 9.99. The molecule has 7 heteroatoms. The van der Waals surface area contributed by atoms with E-state index in [1.165, 1.54) is 0 Å². The smallest absolute Gasteiger partial charge is 0.277 e. The molecule has 0 saturated heterocycles. The fourth-order valence-electron chi connectivity index (χ4n) is 2.11. The maximum absolute atomic E-state index is 12.3. The number of nitrogens with zero attached hydrogens (tertiary/aromatic N) is 2. The maximum atomic E-state index is 12.3. The predicted molar refractivity (Wildman–Crippen MR) is 74.9 cm³/mol. The fraction of sp³-hybridized carbons (Fsp3) is 0.600. The summed E-state index contributed by atoms with van der Waals surface area (Å²) < 4.78 is 2.06. The summed E-state index contributed by atoms with van der Waals surface area (Å²) in [5, 5.41) is 10.6. The average Bonchev–Trinajstić information content (AvgIpc) is 2.30. The molecule has 1 aromatic rings. The van der Waals surface area contributed by atoms with Crippen molar-refractivity contribution in [2.24, 2.45) is 0 Å². The first-order chi connectivity index (χ1) is 7.99. The van der Waals surface area contributed by atoms with Crippen molar-refractivity contribution in [1.29, 1.82) is 0 Å². The number of halogens is 3. The molecule has 0 fully saturated rings. The third-order valence-electron chi connectivity index (χ3n) is 3.08. The second kappa shape index (κ2) is 5.01. The summed E-state index contributed by atoms with van der Waals surface area (Å²) in [6.45, 7) is 1.74. The molecule has 1 N–H and O–H groups in total. The topological polar surface area (TPSA) is 48.1 Å². The number of fused-ring (bicyclic) bond motifs is 1. The number of hydrogen-bond donors (Lipinski definition) is 1. The zero-order valence-electron chi connectivity index (χ0n) is 9.16. The number of rotatable bonds is 1. The van der Waals surface area contributed by atoms with E-state index in [1.54, 1.807) is 6.92 Å². The van der Waals surface area contributed by atoms with Crippen molar-refractivity contribution in [2.45, 2.75) is 34.7 Å². The van der Waals surface area contributed by atoms with Crippen LogP contribution in [0.15, 0.2) is 0 Å². The molecule has 17 heavy (non-hydrogen) atoms. The van der Waals surface area contributed by atoms with Gasteiger partial charge in [-0.3, -0.25) is 0 Å². The van der Waals surface area contributed by atoms with Crippen LogP contribution in [-0.2, 0) is 5.33 Å². The van der Waals surface area contributed by atoms with Gasteiger partial charge < -0.3 is 5.21 Å². The summed E-state index contributed by atoms with van der Waals surface area (Å²) in [4.78, 5) is 12.3. The van der Waals surface area contributed by atoms with Crippen molar-refractivity contribution in [3.63, 3.8) is 0 Å². The summed E-state index contributed by atoms with van der Waals surface area (Å²) in [7, 11) is 0. The third kappa shape index (κ3) is 2.10. The maximum Gasteiger partial charge on any atom is 0.277 e. The van der Waals surface area contributed by atoms with E-state index in [0.29, 0.717) is 28.1 Å². The monoisotopic (exact) mass is 429 g/mol. The van der Waals surface area contributed by atoms with Crippen LogP contribution >= 0.6 is 47.8 Å². The molecule has 0 aliphatic heterocycles. The fourth-order valence-corrected chi connectivity index (χ4v) is 4.12. The predicted octanol–water partition coefficient (Wildman–Crippen LogP) is 3.51. The van der Waals surface area contributed by atoms with Crippen LogP contribution in [0.1, 0.15) is 45.3 Å². The van der Waals surface area contributed by atoms with Gasteiger partial charge in [0.15, 0.2) is 0 Å². The van der Waals surface area contributed by atoms with E-state index in [1.807, 2.05) is 0 Å². The Morgan fingerprint density at radius 1 is 1.41 bits per heavy atom. The molecule has 1 aliphatic rings. The van der Waals surface area contributed by atoms with E-state index >= 15 is 0 Å². The van der Waals surface area contributed by atoms with Crippen LogP contribution in [-0.4, -0.2) is 9.94 Å². The highest BCUT2D eigenvalue weighted by molar-refractivity contribution is 9.09. The Labute approximate surface area is 124 Å². The van der Waals surface area contributed by atoms with Crippen molar-refractivity contribution in [1.82, 2.24) is 4.73 Å². The van der Waals surface area contributed by atoms with Crippen molar-refractivity contribution in [3.05, 3.63) is 27.7 Å². The van der Waals surface area contributed by atoms with Crippen molar-refractivity contribution >= 4 is 47.8 Å². The zero-order valence-corrected chi connectivity index (χ0v) is 13.9. The van der Waals surface area contributed by atoms with Gasteiger partial charge in [-0.15, -0.1) is 0 Å². The Bertz CT molecular complexity index is 515. The zero-order chi connectivity index (χ0) is 12.7. The van der Waals surface area contributed by atoms with E-state index < -0.39 is 0 Å². The molecule has 4 nitrogen and oxygen atoms in total. The molecule has 0 aromatic carbocycles. The lowest BCUT2D eigenvalue weighted by molar-refractivity contribution is -0.516. The first kappa shape index (κ1) is 13.5. The van der Waals surface area contributed by atoms with Crippen LogP contribution in [0.4, 0.5) is 0 Å². The summed E-state index contributed by atoms with van der Waals surface area (Å²) in [6, 6.07) is 0. The van der Waals surface area contributed by atoms with Crippen LogP contribution in [0, 0.1) is 11.8 Å². The van der Waals surface area contributed by atoms with Crippen LogP contribution in [0.25, 0.3) is 0 Å². The van der Waals surface area contributed by atoms with Gasteiger partial charge in [0, 0.05) is 4.91 Å². The molecule has 94 valence electrons. The average molecular weight is 432 g/mol. The first-order valence-corrected chi connectivity index (χ1v) is 8.18. The Kier molecular flexibility index (Phi) is 3.99. The van der Waals surface area contributed by atoms with Crippen LogP contribution in [0.2, 0.25) is 0 Å². The Morgan fingerprint density at radius 3 is 2.59 bits per heavy atom. The van der Waals surface area contributed by atoms with Crippen molar-refractivity contribution in [3.8, 4) is 0 Å². The van der Waals surface area contributed by atoms with Gasteiger partial charge in [-0.05, 0) is 19.8 Å². The SMILES string of the molecule is Cc1c(CBr)[n+](=O)c2c(n1O)[C@H](Br)CC[C@H]2Br. The largest absolute Gasteiger partial charge is 0.428 e. The van der Waals surface area contributed by atoms with Gasteiger partial charge in [0.1, 0.15) is 16.2 Å². The standard InChI is InChI=1S/C10H12Br3N2O2/c1-5-8(4-11)15(17)10-7(13)3-2-6(12)9(10)14(5)16/h6-7,16H,2-4H2,1H3/q+1/t6-,7-/m1/s1. The van der Waals surface area contributed by atoms with Crippen molar-refractivity contribution in [2.75, 3.05) is 0 Å². The molecular weight excluding hydrogens is 420 g/mol. The van der Waals surface area contributed by atoms with Crippen LogP contribution < -0.4 is 4.43 Å². The number of alkyl halides is 3. The molecule has 0 amide bonds. The van der Waals surface area contributed by atoms with Gasteiger partial charge in [0.25, 0.3) is 11.4 Å². The molecule has 0 radical (unpaired) electrons. The lowest BCUT2D eigenvalue weighted by Gasteiger charge is -2.22. The minimum atomic E-state index is -0.0133. The minimum absolute atomic E-state index is 0.0133. The molecule has 0 unspecified atom stereocenters. The van der Waals surface area contributed by atoms with E-state index in [-0.39, 0.29) is 9.65 Å². The molecule has 1 heterocycles. The molecule has 1 aliphatic carbocycles. The molecule has 2 atom stereocenters. The molecule has 1 aromatic heterocycles. The molecule has 2 rings (SSSR count). The number of hydrogen-bond acceptors (Lipinski definition) is 2. The normalized spacial score (nSPS) is 23.5. The Morgan fingerprint density at radius 2 is 2.00 bits per heavy atom. The van der Waals surface area contributed by atoms with E-state index in [9.17, 15) is 10.1 Å². The number of aromatic nitrogens is 2. The summed E-state index contributed by atoms with van der Waals surface area (Å²) in [5.41, 5.74) is 2.36. The van der Waals surface area contributed by atoms with Gasteiger partial charge in [0.2, 0.25) is 0 Å². The van der Waals surface area contributed by atoms with Crippen LogP contribution in [0.5, 0.6) is 0 Å².